The summed E-state index contributed by atoms with van der Waals surface area (Å²) in [6, 6.07) is 10.5. The van der Waals surface area contributed by atoms with Gasteiger partial charge < -0.3 is 15.2 Å². The molecule has 5 nitrogen and oxygen atoms in total. The van der Waals surface area contributed by atoms with Crippen molar-refractivity contribution in [2.24, 2.45) is 5.41 Å². The zero-order valence-electron chi connectivity index (χ0n) is 18.7. The molecular weight excluding hydrogens is 416 g/mol. The summed E-state index contributed by atoms with van der Waals surface area (Å²) in [6.07, 6.45) is 5.11. The van der Waals surface area contributed by atoms with Gasteiger partial charge in [-0.05, 0) is 74.0 Å². The van der Waals surface area contributed by atoms with Gasteiger partial charge in [-0.2, -0.15) is 5.26 Å². The van der Waals surface area contributed by atoms with E-state index in [1.165, 1.54) is 42.7 Å². The molecule has 2 N–H and O–H groups in total. The lowest BCUT2D eigenvalue weighted by Crippen LogP contribution is -2.45. The first-order valence-corrected chi connectivity index (χ1v) is 12.4. The molecule has 1 aromatic carbocycles. The first-order chi connectivity index (χ1) is 15.4. The van der Waals surface area contributed by atoms with Crippen molar-refractivity contribution in [3.8, 4) is 6.07 Å². The van der Waals surface area contributed by atoms with Gasteiger partial charge in [-0.25, -0.2) is 0 Å². The van der Waals surface area contributed by atoms with Crippen molar-refractivity contribution >= 4 is 33.0 Å². The normalized spacial score (nSPS) is 21.4. The van der Waals surface area contributed by atoms with E-state index in [0.29, 0.717) is 10.3 Å². The third-order valence-electron chi connectivity index (χ3n) is 8.21. The molecule has 6 heteroatoms. The molecule has 3 aromatic rings. The van der Waals surface area contributed by atoms with Gasteiger partial charge in [0.2, 0.25) is 0 Å². The number of benzene rings is 1. The van der Waals surface area contributed by atoms with E-state index in [1.807, 2.05) is 12.1 Å². The fraction of sp³-hybridized carbons (Fsp3) is 0.462. The molecule has 0 bridgehead atoms. The largest absolute Gasteiger partial charge is 0.371 e. The number of hydrogen-bond donors (Lipinski definition) is 2. The summed E-state index contributed by atoms with van der Waals surface area (Å²) in [5.41, 5.74) is 5.99. The number of carbonyl (C=O) groups excluding carboxylic acids is 1. The lowest BCUT2D eigenvalue weighted by atomic mass is 9.70. The van der Waals surface area contributed by atoms with Crippen LogP contribution in [0, 0.1) is 16.7 Å². The highest BCUT2D eigenvalue weighted by Crippen LogP contribution is 2.47. The third kappa shape index (κ3) is 2.81. The van der Waals surface area contributed by atoms with E-state index in [9.17, 15) is 10.1 Å². The summed E-state index contributed by atoms with van der Waals surface area (Å²) < 4.78 is 0.910. The first kappa shape index (κ1) is 20.0. The Morgan fingerprint density at radius 2 is 1.84 bits per heavy atom. The summed E-state index contributed by atoms with van der Waals surface area (Å²) in [4.78, 5) is 20.2. The maximum Gasteiger partial charge on any atom is 0.196 e. The third-order valence-corrected chi connectivity index (χ3v) is 9.26. The average molecular weight is 445 g/mol. The van der Waals surface area contributed by atoms with E-state index in [4.69, 9.17) is 0 Å². The molecule has 0 unspecified atom stereocenters. The van der Waals surface area contributed by atoms with Crippen LogP contribution < -0.4 is 10.2 Å². The van der Waals surface area contributed by atoms with Crippen LogP contribution in [-0.4, -0.2) is 36.9 Å². The lowest BCUT2D eigenvalue weighted by Gasteiger charge is -2.45. The molecule has 164 valence electrons. The number of nitrogens with zero attached hydrogens (tertiary/aromatic N) is 2. The molecule has 1 spiro atoms. The van der Waals surface area contributed by atoms with E-state index in [0.717, 1.165) is 58.8 Å². The quantitative estimate of drug-likeness (QED) is 0.558. The van der Waals surface area contributed by atoms with Gasteiger partial charge in [0, 0.05) is 35.4 Å². The number of aromatic amines is 1. The van der Waals surface area contributed by atoms with Gasteiger partial charge in [-0.3, -0.25) is 4.79 Å². The Morgan fingerprint density at radius 1 is 1.09 bits per heavy atom. The van der Waals surface area contributed by atoms with Crippen molar-refractivity contribution in [2.75, 3.05) is 31.1 Å². The van der Waals surface area contributed by atoms with Gasteiger partial charge in [0.1, 0.15) is 10.9 Å². The number of thiophene rings is 1. The number of hydrogen-bond acceptors (Lipinski definition) is 5. The highest BCUT2D eigenvalue weighted by Gasteiger charge is 2.41. The molecule has 1 aliphatic carbocycles. The zero-order valence-corrected chi connectivity index (χ0v) is 19.5. The second-order valence-electron chi connectivity index (χ2n) is 10.3. The molecule has 6 rings (SSSR count). The van der Waals surface area contributed by atoms with E-state index in [2.05, 4.69) is 47.3 Å². The van der Waals surface area contributed by atoms with Crippen molar-refractivity contribution in [1.82, 2.24) is 10.3 Å². The Kier molecular flexibility index (Phi) is 4.34. The van der Waals surface area contributed by atoms with Crippen LogP contribution in [0.2, 0.25) is 0 Å². The Labute approximate surface area is 192 Å². The molecular formula is C26H28N4OS. The fourth-order valence-corrected chi connectivity index (χ4v) is 7.09. The standard InChI is InChI=1S/C26H28N4OS/c1-25(2)19-13-16(30-11-7-26(8-12-30)5-9-28-10-6-26)3-4-18(19)22(31)21-23-20(29-24(21)25)14-17(15-27)32-23/h3-4,13-14,28-29H,5-12H2,1-2H3. The van der Waals surface area contributed by atoms with Gasteiger partial charge in [-0.15, -0.1) is 11.3 Å². The number of anilines is 1. The number of ketones is 1. The topological polar surface area (TPSA) is 71.9 Å². The summed E-state index contributed by atoms with van der Waals surface area (Å²) in [6.45, 7) is 8.89. The number of piperidine rings is 2. The van der Waals surface area contributed by atoms with Crippen LogP contribution in [0.4, 0.5) is 5.69 Å². The second kappa shape index (κ2) is 6.94. The summed E-state index contributed by atoms with van der Waals surface area (Å²) in [7, 11) is 0. The Bertz CT molecular complexity index is 1280. The fourth-order valence-electron chi connectivity index (χ4n) is 6.13. The van der Waals surface area contributed by atoms with E-state index >= 15 is 0 Å². The maximum absolute atomic E-state index is 13.5. The Morgan fingerprint density at radius 3 is 2.56 bits per heavy atom. The first-order valence-electron chi connectivity index (χ1n) is 11.6. The molecule has 2 aromatic heterocycles. The van der Waals surface area contributed by atoms with E-state index in [1.54, 1.807) is 0 Å². The minimum atomic E-state index is -0.299. The van der Waals surface area contributed by atoms with Gasteiger partial charge in [-0.1, -0.05) is 13.8 Å². The van der Waals surface area contributed by atoms with Crippen molar-refractivity contribution in [1.29, 1.82) is 5.26 Å². The summed E-state index contributed by atoms with van der Waals surface area (Å²) in [5.74, 6) is 0.0748. The molecule has 4 heterocycles. The molecule has 0 atom stereocenters. The average Bonchev–Trinajstić information content (AvgIpc) is 3.37. The summed E-state index contributed by atoms with van der Waals surface area (Å²) in [5, 5.41) is 12.8. The van der Waals surface area contributed by atoms with Crippen molar-refractivity contribution in [3.05, 3.63) is 51.5 Å². The Hall–Kier alpha value is -2.62. The number of carbonyl (C=O) groups is 1. The molecule has 0 amide bonds. The zero-order chi connectivity index (χ0) is 22.1. The van der Waals surface area contributed by atoms with Gasteiger partial charge in [0.05, 0.1) is 15.8 Å². The Balaban J connectivity index is 1.35. The van der Waals surface area contributed by atoms with Crippen molar-refractivity contribution in [2.45, 2.75) is 44.9 Å². The van der Waals surface area contributed by atoms with Gasteiger partial charge in [0.25, 0.3) is 0 Å². The number of H-pyrrole nitrogens is 1. The van der Waals surface area contributed by atoms with E-state index < -0.39 is 0 Å². The highest BCUT2D eigenvalue weighted by atomic mass is 32.1. The molecule has 32 heavy (non-hydrogen) atoms. The number of fused-ring (bicyclic) bond motifs is 4. The van der Waals surface area contributed by atoms with Crippen LogP contribution in [-0.2, 0) is 5.41 Å². The lowest BCUT2D eigenvalue weighted by molar-refractivity contribution is 0.103. The van der Waals surface area contributed by atoms with Crippen molar-refractivity contribution < 1.29 is 4.79 Å². The summed E-state index contributed by atoms with van der Waals surface area (Å²) >= 11 is 1.41. The number of rotatable bonds is 1. The monoisotopic (exact) mass is 444 g/mol. The number of nitrogens with one attached hydrogen (secondary N) is 2. The molecule has 2 aliphatic heterocycles. The second-order valence-corrected chi connectivity index (χ2v) is 11.3. The predicted molar refractivity (Wildman–Crippen MR) is 129 cm³/mol. The smallest absolute Gasteiger partial charge is 0.196 e. The van der Waals surface area contributed by atoms with Gasteiger partial charge >= 0.3 is 0 Å². The molecule has 0 radical (unpaired) electrons. The molecule has 3 aliphatic rings. The number of aromatic nitrogens is 1. The van der Waals surface area contributed by atoms with Crippen LogP contribution >= 0.6 is 11.3 Å². The minimum Gasteiger partial charge on any atom is -0.371 e. The highest BCUT2D eigenvalue weighted by molar-refractivity contribution is 7.20. The minimum absolute atomic E-state index is 0.0748. The van der Waals surface area contributed by atoms with Crippen LogP contribution in [0.25, 0.3) is 10.2 Å². The number of nitriles is 1. The molecule has 2 fully saturated rings. The van der Waals surface area contributed by atoms with Crippen LogP contribution in [0.5, 0.6) is 0 Å². The SMILES string of the molecule is CC1(C)c2cc(N3CCC4(CCNCC4)CC3)ccc2C(=O)c2c1[nH]c1cc(C#N)sc21. The van der Waals surface area contributed by atoms with Crippen molar-refractivity contribution in [3.63, 3.8) is 0 Å². The van der Waals surface area contributed by atoms with Gasteiger partial charge in [0.15, 0.2) is 5.78 Å². The van der Waals surface area contributed by atoms with Crippen LogP contribution in [0.3, 0.4) is 0 Å². The molecule has 2 saturated heterocycles. The van der Waals surface area contributed by atoms with Crippen LogP contribution in [0.1, 0.15) is 71.6 Å². The predicted octanol–water partition coefficient (Wildman–Crippen LogP) is 4.94. The van der Waals surface area contributed by atoms with Crippen LogP contribution in [0.15, 0.2) is 24.3 Å². The maximum atomic E-state index is 13.5. The van der Waals surface area contributed by atoms with E-state index in [-0.39, 0.29) is 11.2 Å². The molecule has 0 saturated carbocycles.